The Labute approximate surface area is 185 Å². The Morgan fingerprint density at radius 2 is 1.73 bits per heavy atom. The number of ether oxygens (including phenoxy) is 1. The summed E-state index contributed by atoms with van der Waals surface area (Å²) in [6, 6.07) is 21.7. The van der Waals surface area contributed by atoms with Crippen LogP contribution in [0.2, 0.25) is 5.02 Å². The fourth-order valence-corrected chi connectivity index (χ4v) is 4.49. The van der Waals surface area contributed by atoms with Crippen LogP contribution >= 0.6 is 22.9 Å². The lowest BCUT2D eigenvalue weighted by Crippen LogP contribution is -2.16. The lowest BCUT2D eigenvalue weighted by atomic mass is 10.1. The second-order valence-corrected chi connectivity index (χ2v) is 8.92. The van der Waals surface area contributed by atoms with Crippen LogP contribution in [0.1, 0.15) is 26.5 Å². The lowest BCUT2D eigenvalue weighted by molar-refractivity contribution is 0.0734. The molecule has 0 fully saturated rings. The fourth-order valence-electron chi connectivity index (χ4n) is 3.23. The van der Waals surface area contributed by atoms with E-state index in [0.29, 0.717) is 17.3 Å². The van der Waals surface area contributed by atoms with Gasteiger partial charge in [-0.3, -0.25) is 0 Å². The molecule has 2 aromatic heterocycles. The number of aliphatic hydroxyl groups is 1. The van der Waals surface area contributed by atoms with E-state index in [1.807, 2.05) is 55.5 Å². The Morgan fingerprint density at radius 3 is 2.47 bits per heavy atom. The summed E-state index contributed by atoms with van der Waals surface area (Å²) in [4.78, 5) is 2.13. The van der Waals surface area contributed by atoms with E-state index in [0.717, 1.165) is 32.4 Å². The number of hydrogen-bond donors (Lipinski definition) is 1. The van der Waals surface area contributed by atoms with E-state index in [2.05, 4.69) is 23.3 Å². The predicted molar refractivity (Wildman–Crippen MR) is 124 cm³/mol. The number of para-hydroxylation sites is 2. The van der Waals surface area contributed by atoms with E-state index in [4.69, 9.17) is 16.3 Å². The van der Waals surface area contributed by atoms with Gasteiger partial charge in [-0.2, -0.15) is 5.10 Å². The molecule has 0 saturated heterocycles. The number of aromatic nitrogens is 2. The Hall–Kier alpha value is -2.60. The van der Waals surface area contributed by atoms with Gasteiger partial charge in [0.15, 0.2) is 0 Å². The molecule has 0 aliphatic rings. The summed E-state index contributed by atoms with van der Waals surface area (Å²) in [6.45, 7) is 6.06. The zero-order valence-corrected chi connectivity index (χ0v) is 18.7. The van der Waals surface area contributed by atoms with Crippen molar-refractivity contribution < 1.29 is 9.84 Å². The highest BCUT2D eigenvalue weighted by Crippen LogP contribution is 2.40. The third-order valence-electron chi connectivity index (χ3n) is 4.73. The minimum absolute atomic E-state index is 0.585. The van der Waals surface area contributed by atoms with Crippen molar-refractivity contribution in [1.29, 1.82) is 0 Å². The molecule has 0 aliphatic heterocycles. The van der Waals surface area contributed by atoms with Crippen molar-refractivity contribution in [3.63, 3.8) is 0 Å². The minimum Gasteiger partial charge on any atom is -0.493 e. The maximum atomic E-state index is 10.5. The SMILES string of the molecule is CCOc1ccccc1-c1ccc(-c2cc(C(C)(C)O)nn2-c2ccccc2Cl)s1. The number of benzene rings is 2. The molecule has 1 N–H and O–H groups in total. The van der Waals surface area contributed by atoms with Crippen molar-refractivity contribution in [3.8, 4) is 32.4 Å². The number of hydrogen-bond acceptors (Lipinski definition) is 4. The van der Waals surface area contributed by atoms with Crippen LogP contribution in [0, 0.1) is 0 Å². The summed E-state index contributed by atoms with van der Waals surface area (Å²) < 4.78 is 7.61. The molecule has 0 aliphatic carbocycles. The van der Waals surface area contributed by atoms with Crippen molar-refractivity contribution in [1.82, 2.24) is 9.78 Å². The second-order valence-electron chi connectivity index (χ2n) is 7.43. The standard InChI is InChI=1S/C24H23ClN2O2S/c1-4-29-20-12-8-5-9-16(20)21-13-14-22(30-21)19-15-23(24(2,3)28)26-27(19)18-11-7-6-10-17(18)25/h5-15,28H,4H2,1-3H3. The molecule has 4 nitrogen and oxygen atoms in total. The average molecular weight is 439 g/mol. The highest BCUT2D eigenvalue weighted by Gasteiger charge is 2.24. The molecule has 0 bridgehead atoms. The molecule has 0 radical (unpaired) electrons. The maximum Gasteiger partial charge on any atom is 0.127 e. The zero-order chi connectivity index (χ0) is 21.3. The van der Waals surface area contributed by atoms with Gasteiger partial charge in [-0.25, -0.2) is 4.68 Å². The first-order valence-electron chi connectivity index (χ1n) is 9.78. The molecule has 154 valence electrons. The van der Waals surface area contributed by atoms with E-state index < -0.39 is 5.60 Å². The molecule has 6 heteroatoms. The number of rotatable bonds is 6. The lowest BCUT2D eigenvalue weighted by Gasteiger charge is -2.13. The van der Waals surface area contributed by atoms with Gasteiger partial charge >= 0.3 is 0 Å². The van der Waals surface area contributed by atoms with Crippen LogP contribution in [-0.4, -0.2) is 21.5 Å². The van der Waals surface area contributed by atoms with Gasteiger partial charge in [-0.1, -0.05) is 35.9 Å². The van der Waals surface area contributed by atoms with E-state index in [1.54, 1.807) is 29.9 Å². The van der Waals surface area contributed by atoms with Crippen LogP contribution in [0.4, 0.5) is 0 Å². The molecular formula is C24H23ClN2O2S. The van der Waals surface area contributed by atoms with Gasteiger partial charge in [-0.15, -0.1) is 11.3 Å². The summed E-state index contributed by atoms with van der Waals surface area (Å²) in [7, 11) is 0. The van der Waals surface area contributed by atoms with Gasteiger partial charge in [0.2, 0.25) is 0 Å². The fraction of sp³-hybridized carbons (Fsp3) is 0.208. The monoisotopic (exact) mass is 438 g/mol. The molecule has 0 atom stereocenters. The Kier molecular flexibility index (Phi) is 5.69. The Bertz CT molecular complexity index is 1170. The van der Waals surface area contributed by atoms with Crippen LogP contribution in [0.15, 0.2) is 66.7 Å². The van der Waals surface area contributed by atoms with Crippen molar-refractivity contribution in [2.75, 3.05) is 6.61 Å². The normalized spacial score (nSPS) is 11.6. The van der Waals surface area contributed by atoms with Crippen LogP contribution in [0.5, 0.6) is 5.75 Å². The first-order chi connectivity index (χ1) is 14.4. The second kappa shape index (κ2) is 8.26. The summed E-state index contributed by atoms with van der Waals surface area (Å²) in [6.07, 6.45) is 0. The molecule has 4 aromatic rings. The Morgan fingerprint density at radius 1 is 1.03 bits per heavy atom. The largest absolute Gasteiger partial charge is 0.493 e. The Balaban J connectivity index is 1.84. The van der Waals surface area contributed by atoms with Gasteiger partial charge in [-0.05, 0) is 63.2 Å². The third-order valence-corrected chi connectivity index (χ3v) is 6.19. The molecule has 4 rings (SSSR count). The van der Waals surface area contributed by atoms with E-state index in [-0.39, 0.29) is 0 Å². The first-order valence-corrected chi connectivity index (χ1v) is 11.0. The van der Waals surface area contributed by atoms with Crippen molar-refractivity contribution >= 4 is 22.9 Å². The molecular weight excluding hydrogens is 416 g/mol. The molecule has 0 saturated carbocycles. The molecule has 0 amide bonds. The number of halogens is 1. The van der Waals surface area contributed by atoms with Gasteiger partial charge in [0, 0.05) is 10.4 Å². The zero-order valence-electron chi connectivity index (χ0n) is 17.1. The summed E-state index contributed by atoms with van der Waals surface area (Å²) in [5, 5.41) is 15.8. The predicted octanol–water partition coefficient (Wildman–Crippen LogP) is 6.55. The smallest absolute Gasteiger partial charge is 0.127 e. The summed E-state index contributed by atoms with van der Waals surface area (Å²) >= 11 is 8.11. The highest BCUT2D eigenvalue weighted by atomic mass is 35.5. The van der Waals surface area contributed by atoms with Crippen molar-refractivity contribution in [3.05, 3.63) is 77.4 Å². The molecule has 0 unspecified atom stereocenters. The van der Waals surface area contributed by atoms with Crippen LogP contribution in [0.3, 0.4) is 0 Å². The highest BCUT2D eigenvalue weighted by molar-refractivity contribution is 7.18. The number of nitrogens with zero attached hydrogens (tertiary/aromatic N) is 2. The third kappa shape index (κ3) is 4.01. The summed E-state index contributed by atoms with van der Waals surface area (Å²) in [5.41, 5.74) is 2.23. The van der Waals surface area contributed by atoms with Crippen LogP contribution in [-0.2, 0) is 5.60 Å². The molecule has 2 aromatic carbocycles. The first kappa shape index (κ1) is 20.7. The van der Waals surface area contributed by atoms with Gasteiger partial charge < -0.3 is 9.84 Å². The van der Waals surface area contributed by atoms with Gasteiger partial charge in [0.25, 0.3) is 0 Å². The molecule has 30 heavy (non-hydrogen) atoms. The quantitative estimate of drug-likeness (QED) is 0.371. The van der Waals surface area contributed by atoms with E-state index in [1.165, 1.54) is 0 Å². The van der Waals surface area contributed by atoms with Gasteiger partial charge in [0.1, 0.15) is 11.4 Å². The van der Waals surface area contributed by atoms with Crippen molar-refractivity contribution in [2.45, 2.75) is 26.4 Å². The molecule has 0 spiro atoms. The van der Waals surface area contributed by atoms with E-state index >= 15 is 0 Å². The summed E-state index contributed by atoms with van der Waals surface area (Å²) in [5.74, 6) is 0.866. The minimum atomic E-state index is -1.07. The molecule has 2 heterocycles. The number of thiophene rings is 1. The maximum absolute atomic E-state index is 10.5. The van der Waals surface area contributed by atoms with Crippen LogP contribution < -0.4 is 4.74 Å². The van der Waals surface area contributed by atoms with Gasteiger partial charge in [0.05, 0.1) is 33.6 Å². The topological polar surface area (TPSA) is 47.3 Å². The van der Waals surface area contributed by atoms with E-state index in [9.17, 15) is 5.11 Å². The van der Waals surface area contributed by atoms with Crippen molar-refractivity contribution in [2.24, 2.45) is 0 Å². The average Bonchev–Trinajstić information content (AvgIpc) is 3.36. The van der Waals surface area contributed by atoms with Crippen LogP contribution in [0.25, 0.3) is 26.7 Å².